The van der Waals surface area contributed by atoms with Crippen molar-refractivity contribution < 1.29 is 41.5 Å². The zero-order valence-electron chi connectivity index (χ0n) is 25.0. The van der Waals surface area contributed by atoms with Gasteiger partial charge >= 0.3 is 0 Å². The second-order valence-corrected chi connectivity index (χ2v) is 13.8. The van der Waals surface area contributed by atoms with E-state index in [1.165, 1.54) is 4.90 Å². The minimum atomic E-state index is -2.93. The average molecular weight is 635 g/mol. The maximum atomic E-state index is 15.4. The number of nitrogens with zero attached hydrogens (tertiary/aromatic N) is 3. The molecule has 4 aliphatic heterocycles. The minimum Gasteiger partial charge on any atom is -0.489 e. The zero-order valence-corrected chi connectivity index (χ0v) is 25.0. The Morgan fingerprint density at radius 3 is 2.38 bits per heavy atom. The smallest absolute Gasteiger partial charge is 0.266 e. The number of ether oxygens (including phenoxy) is 1. The molecule has 2 saturated carbocycles. The Morgan fingerprint density at radius 2 is 1.69 bits per heavy atom. The number of carbonyl (C=O) groups excluding carboxylic acids is 4. The van der Waals surface area contributed by atoms with E-state index in [1.807, 2.05) is 4.90 Å². The number of nitrogens with one attached hydrogen (secondary N) is 1. The molecule has 3 atom stereocenters. The van der Waals surface area contributed by atoms with Gasteiger partial charge in [0.25, 0.3) is 11.8 Å². The lowest BCUT2D eigenvalue weighted by atomic mass is 9.76. The van der Waals surface area contributed by atoms with E-state index in [2.05, 4.69) is 5.32 Å². The number of likely N-dealkylation sites (tertiary alicyclic amines) is 2. The van der Waals surface area contributed by atoms with Crippen LogP contribution in [0.1, 0.15) is 73.7 Å². The third-order valence-electron chi connectivity index (χ3n) is 10.9. The molecule has 45 heavy (non-hydrogen) atoms. The van der Waals surface area contributed by atoms with Crippen molar-refractivity contribution in [1.29, 1.82) is 0 Å². The van der Waals surface area contributed by atoms with Crippen molar-refractivity contribution in [2.75, 3.05) is 26.2 Å². The molecular weight excluding hydrogens is 596 g/mol. The lowest BCUT2D eigenvalue weighted by Gasteiger charge is -2.53. The number of piperidine rings is 2. The predicted octanol–water partition coefficient (Wildman–Crippen LogP) is 3.60. The predicted molar refractivity (Wildman–Crippen MR) is 152 cm³/mol. The summed E-state index contributed by atoms with van der Waals surface area (Å²) >= 11 is 0. The molecule has 5 fully saturated rings. The number of hydrogen-bond acceptors (Lipinski definition) is 6. The van der Waals surface area contributed by atoms with Crippen molar-refractivity contribution in [1.82, 2.24) is 20.0 Å². The normalized spacial score (nSPS) is 30.8. The van der Waals surface area contributed by atoms with Crippen molar-refractivity contribution in [2.24, 2.45) is 17.8 Å². The van der Waals surface area contributed by atoms with Gasteiger partial charge in [-0.15, -0.1) is 0 Å². The number of halogens is 4. The molecule has 1 N–H and O–H groups in total. The highest BCUT2D eigenvalue weighted by Crippen LogP contribution is 2.45. The zero-order chi connectivity index (χ0) is 31.7. The van der Waals surface area contributed by atoms with Gasteiger partial charge in [-0.2, -0.15) is 0 Å². The van der Waals surface area contributed by atoms with Crippen LogP contribution in [0.4, 0.5) is 17.6 Å². The van der Waals surface area contributed by atoms with E-state index in [9.17, 15) is 28.0 Å². The van der Waals surface area contributed by atoms with Gasteiger partial charge < -0.3 is 14.5 Å². The molecule has 13 heteroatoms. The Hall–Kier alpha value is -3.22. The van der Waals surface area contributed by atoms with Crippen LogP contribution in [0.3, 0.4) is 0 Å². The van der Waals surface area contributed by atoms with Crippen molar-refractivity contribution in [3.05, 3.63) is 29.3 Å². The van der Waals surface area contributed by atoms with Crippen molar-refractivity contribution >= 4 is 23.6 Å². The van der Waals surface area contributed by atoms with Crippen LogP contribution < -0.4 is 10.1 Å². The molecule has 9 nitrogen and oxygen atoms in total. The van der Waals surface area contributed by atoms with Gasteiger partial charge in [0.15, 0.2) is 0 Å². The van der Waals surface area contributed by atoms with Gasteiger partial charge in [0, 0.05) is 69.9 Å². The summed E-state index contributed by atoms with van der Waals surface area (Å²) in [7, 11) is 0. The second kappa shape index (κ2) is 11.2. The van der Waals surface area contributed by atoms with Gasteiger partial charge in [0.2, 0.25) is 23.6 Å². The van der Waals surface area contributed by atoms with Crippen LogP contribution in [-0.4, -0.2) is 94.5 Å². The molecule has 7 rings (SSSR count). The van der Waals surface area contributed by atoms with E-state index in [0.717, 1.165) is 12.8 Å². The van der Waals surface area contributed by atoms with E-state index in [0.29, 0.717) is 61.8 Å². The highest BCUT2D eigenvalue weighted by atomic mass is 19.3. The molecule has 1 aromatic rings. The largest absolute Gasteiger partial charge is 0.489 e. The number of carbonyl (C=O) groups is 4. The molecule has 0 spiro atoms. The van der Waals surface area contributed by atoms with E-state index >= 15 is 8.78 Å². The number of alkyl halides is 4. The minimum absolute atomic E-state index is 0.155. The van der Waals surface area contributed by atoms with Crippen LogP contribution in [0.2, 0.25) is 0 Å². The fourth-order valence-electron chi connectivity index (χ4n) is 8.30. The second-order valence-electron chi connectivity index (χ2n) is 13.8. The fourth-order valence-corrected chi connectivity index (χ4v) is 8.30. The Bertz CT molecular complexity index is 1390. The molecule has 4 amide bonds. The van der Waals surface area contributed by atoms with Gasteiger partial charge in [-0.3, -0.25) is 29.4 Å². The molecule has 3 saturated heterocycles. The summed E-state index contributed by atoms with van der Waals surface area (Å²) in [6, 6.07) is 3.10. The summed E-state index contributed by atoms with van der Waals surface area (Å²) in [6.07, 6.45) is 1.02. The molecule has 4 heterocycles. The number of fused-ring (bicyclic) bond motifs is 1. The highest BCUT2D eigenvalue weighted by Gasteiger charge is 2.55. The molecule has 1 unspecified atom stereocenters. The van der Waals surface area contributed by atoms with E-state index in [-0.39, 0.29) is 62.3 Å². The number of imide groups is 1. The van der Waals surface area contributed by atoms with Gasteiger partial charge in [-0.05, 0) is 67.7 Å². The van der Waals surface area contributed by atoms with Crippen LogP contribution >= 0.6 is 0 Å². The number of amides is 4. The fraction of sp³-hybridized carbons (Fsp3) is 0.688. The summed E-state index contributed by atoms with van der Waals surface area (Å²) in [5, 5.41) is 2.28. The summed E-state index contributed by atoms with van der Waals surface area (Å²) in [5.41, 5.74) is 1.09. The van der Waals surface area contributed by atoms with Crippen LogP contribution in [0.5, 0.6) is 5.75 Å². The van der Waals surface area contributed by atoms with E-state index in [4.69, 9.17) is 4.74 Å². The Kier molecular flexibility index (Phi) is 7.60. The number of hydrogen-bond donors (Lipinski definition) is 1. The molecule has 0 radical (unpaired) electrons. The molecule has 6 aliphatic rings. The van der Waals surface area contributed by atoms with Crippen molar-refractivity contribution in [3.8, 4) is 5.75 Å². The lowest BCUT2D eigenvalue weighted by Crippen LogP contribution is -2.66. The Balaban J connectivity index is 0.958. The summed E-state index contributed by atoms with van der Waals surface area (Å²) < 4.78 is 63.6. The maximum absolute atomic E-state index is 15.4. The van der Waals surface area contributed by atoms with E-state index in [1.54, 1.807) is 23.1 Å². The molecular formula is C32H38F4N4O5. The van der Waals surface area contributed by atoms with Crippen LogP contribution in [0, 0.1) is 17.8 Å². The maximum Gasteiger partial charge on any atom is 0.266 e. The summed E-state index contributed by atoms with van der Waals surface area (Å²) in [4.78, 5) is 54.5. The van der Waals surface area contributed by atoms with Gasteiger partial charge in [0.1, 0.15) is 23.9 Å². The van der Waals surface area contributed by atoms with Crippen LogP contribution in [0.25, 0.3) is 0 Å². The molecule has 244 valence electrons. The number of rotatable bonds is 6. The van der Waals surface area contributed by atoms with Gasteiger partial charge in [0.05, 0.1) is 0 Å². The van der Waals surface area contributed by atoms with E-state index < -0.39 is 41.9 Å². The quantitative estimate of drug-likeness (QED) is 0.380. The number of benzene rings is 1. The molecule has 0 bridgehead atoms. The lowest BCUT2D eigenvalue weighted by molar-refractivity contribution is -0.174. The Labute approximate surface area is 258 Å². The van der Waals surface area contributed by atoms with Gasteiger partial charge in [-0.25, -0.2) is 17.6 Å². The monoisotopic (exact) mass is 634 g/mol. The third kappa shape index (κ3) is 5.69. The van der Waals surface area contributed by atoms with Crippen LogP contribution in [0.15, 0.2) is 18.2 Å². The Morgan fingerprint density at radius 1 is 0.956 bits per heavy atom. The SMILES string of the molecule is O=C1CCC(N2Cc3cc(O[C@H]4CCCC(F)(F)[C@H]4N4CC(C5CCN(C(=O)C6CC(F)(F)C6)CC5)C4)ccc3C2=O)C(=O)N1. The standard InChI is InChI=1S/C32H38F4N4O5/c33-31(34)13-20(14-31)29(43)38-10-7-18(8-11-38)21-15-39(16-21)27-25(2-1-9-32(27,35)36)45-22-3-4-23-19(12-22)17-40(30(23)44)24-5-6-26(41)37-28(24)42/h3-4,12,18,20-21,24-25,27H,1-2,5-11,13-17H2,(H,37,41,42)/t24?,25-,27-/m0/s1. The summed E-state index contributed by atoms with van der Waals surface area (Å²) in [6.45, 7) is 2.26. The first-order valence-electron chi connectivity index (χ1n) is 16.1. The first-order chi connectivity index (χ1) is 21.4. The van der Waals surface area contributed by atoms with Crippen molar-refractivity contribution in [3.63, 3.8) is 0 Å². The topological polar surface area (TPSA) is 99.3 Å². The third-order valence-corrected chi connectivity index (χ3v) is 10.9. The first kappa shape index (κ1) is 30.4. The average Bonchev–Trinajstić information content (AvgIpc) is 3.27. The first-order valence-corrected chi connectivity index (χ1v) is 16.1. The molecule has 0 aromatic heterocycles. The summed E-state index contributed by atoms with van der Waals surface area (Å²) in [5.74, 6) is -6.65. The molecule has 2 aliphatic carbocycles. The highest BCUT2D eigenvalue weighted by molar-refractivity contribution is 6.05. The van der Waals surface area contributed by atoms with Crippen LogP contribution in [-0.2, 0) is 20.9 Å². The molecule has 1 aromatic carbocycles. The van der Waals surface area contributed by atoms with Crippen molar-refractivity contribution in [2.45, 2.75) is 94.4 Å². The van der Waals surface area contributed by atoms with Gasteiger partial charge in [-0.1, -0.05) is 0 Å².